The van der Waals surface area contributed by atoms with Gasteiger partial charge in [-0.2, -0.15) is 0 Å². The van der Waals surface area contributed by atoms with Gasteiger partial charge in [0.25, 0.3) is 0 Å². The van der Waals surface area contributed by atoms with Gasteiger partial charge in [-0.1, -0.05) is 51.5 Å². The maximum atomic E-state index is 11.6. The van der Waals surface area contributed by atoms with Crippen LogP contribution in [0.15, 0.2) is 12.2 Å². The summed E-state index contributed by atoms with van der Waals surface area (Å²) in [6, 6.07) is -0.879. The van der Waals surface area contributed by atoms with Gasteiger partial charge in [0, 0.05) is 6.54 Å². The lowest BCUT2D eigenvalue weighted by Crippen LogP contribution is -2.48. The summed E-state index contributed by atoms with van der Waals surface area (Å²) in [7, 11) is 0. The maximum Gasteiger partial charge on any atom is 0.244 e. The summed E-state index contributed by atoms with van der Waals surface area (Å²) in [6.45, 7) is 4.07. The number of rotatable bonds is 13. The summed E-state index contributed by atoms with van der Waals surface area (Å²) >= 11 is 0. The van der Waals surface area contributed by atoms with Gasteiger partial charge in [0.2, 0.25) is 11.8 Å². The third kappa shape index (κ3) is 11.3. The Kier molecular flexibility index (Phi) is 13.7. The van der Waals surface area contributed by atoms with Crippen LogP contribution in [0, 0.1) is 0 Å². The van der Waals surface area contributed by atoms with E-state index in [0.29, 0.717) is 6.54 Å². The van der Waals surface area contributed by atoms with Crippen molar-refractivity contribution in [2.24, 2.45) is 0 Å². The van der Waals surface area contributed by atoms with Crippen molar-refractivity contribution in [1.82, 2.24) is 10.6 Å². The number of hydrogen-bond acceptors (Lipinski definition) is 3. The molecule has 0 aromatic carbocycles. The number of nitrogens with one attached hydrogen (secondary N) is 2. The molecule has 0 aliphatic rings. The quantitative estimate of drug-likeness (QED) is 0.361. The molecule has 0 saturated carbocycles. The second kappa shape index (κ2) is 14.6. The summed E-state index contributed by atoms with van der Waals surface area (Å²) < 4.78 is 0. The minimum absolute atomic E-state index is 0.340. The molecule has 22 heavy (non-hydrogen) atoms. The van der Waals surface area contributed by atoms with Crippen LogP contribution in [0.4, 0.5) is 0 Å². The second-order valence-corrected chi connectivity index (χ2v) is 5.45. The van der Waals surface area contributed by atoms with Gasteiger partial charge in [0.1, 0.15) is 6.04 Å². The van der Waals surface area contributed by atoms with Crippen LogP contribution >= 0.6 is 0 Å². The number of likely N-dealkylation sites (N-methyl/N-ethyl adjacent to an activating group) is 1. The molecule has 0 bridgehead atoms. The van der Waals surface area contributed by atoms with Crippen LogP contribution in [-0.2, 0) is 9.59 Å². The Labute approximate surface area is 134 Å². The Morgan fingerprint density at radius 3 is 2.27 bits per heavy atom. The average Bonchev–Trinajstić information content (AvgIpc) is 2.51. The lowest BCUT2D eigenvalue weighted by atomic mass is 10.1. The molecule has 3 N–H and O–H groups in total. The summed E-state index contributed by atoms with van der Waals surface area (Å²) in [5.41, 5.74) is 0. The highest BCUT2D eigenvalue weighted by Gasteiger charge is 2.17. The Morgan fingerprint density at radius 2 is 1.68 bits per heavy atom. The molecule has 0 aliphatic carbocycles. The third-order valence-electron chi connectivity index (χ3n) is 3.41. The molecule has 1 unspecified atom stereocenters. The van der Waals surface area contributed by atoms with E-state index in [-0.39, 0.29) is 11.8 Å². The first-order valence-corrected chi connectivity index (χ1v) is 8.51. The van der Waals surface area contributed by atoms with Gasteiger partial charge in [0.05, 0.1) is 6.61 Å². The van der Waals surface area contributed by atoms with E-state index >= 15 is 0 Å². The first-order valence-electron chi connectivity index (χ1n) is 8.51. The minimum Gasteiger partial charge on any atom is -0.394 e. The Balaban J connectivity index is 3.75. The van der Waals surface area contributed by atoms with Crippen molar-refractivity contribution >= 4 is 11.8 Å². The van der Waals surface area contributed by atoms with E-state index in [0.717, 1.165) is 12.8 Å². The van der Waals surface area contributed by atoms with Gasteiger partial charge < -0.3 is 15.7 Å². The van der Waals surface area contributed by atoms with Gasteiger partial charge >= 0.3 is 0 Å². The zero-order valence-corrected chi connectivity index (χ0v) is 14.1. The lowest BCUT2D eigenvalue weighted by molar-refractivity contribution is -0.128. The molecular formula is C17H32N2O3. The van der Waals surface area contributed by atoms with Crippen LogP contribution < -0.4 is 10.6 Å². The number of carbonyl (C=O) groups excluding carboxylic acids is 2. The summed E-state index contributed by atoms with van der Waals surface area (Å²) in [6.07, 6.45) is 12.9. The molecule has 0 rings (SSSR count). The number of hydrogen-bond donors (Lipinski definition) is 3. The van der Waals surface area contributed by atoms with Gasteiger partial charge in [-0.3, -0.25) is 9.59 Å². The Hall–Kier alpha value is -1.36. The molecule has 1 atom stereocenters. The van der Waals surface area contributed by atoms with Crippen LogP contribution in [0.3, 0.4) is 0 Å². The summed E-state index contributed by atoms with van der Waals surface area (Å²) in [4.78, 5) is 23.2. The lowest BCUT2D eigenvalue weighted by Gasteiger charge is -2.14. The smallest absolute Gasteiger partial charge is 0.244 e. The molecule has 0 spiro atoms. The SMILES string of the molecule is CCCCCCCCCC=CC(=O)NC(CO)C(=O)NCC. The van der Waals surface area contributed by atoms with Crippen LogP contribution in [0.1, 0.15) is 65.2 Å². The first-order chi connectivity index (χ1) is 10.7. The van der Waals surface area contributed by atoms with Gasteiger partial charge in [-0.05, 0) is 25.8 Å². The third-order valence-corrected chi connectivity index (χ3v) is 3.41. The molecular weight excluding hydrogens is 280 g/mol. The zero-order valence-electron chi connectivity index (χ0n) is 14.1. The normalized spacial score (nSPS) is 12.3. The van der Waals surface area contributed by atoms with Crippen molar-refractivity contribution in [3.8, 4) is 0 Å². The number of unbranched alkanes of at least 4 members (excludes halogenated alkanes) is 7. The van der Waals surface area contributed by atoms with E-state index in [1.54, 1.807) is 6.92 Å². The van der Waals surface area contributed by atoms with E-state index in [4.69, 9.17) is 5.11 Å². The predicted molar refractivity (Wildman–Crippen MR) is 89.5 cm³/mol. The Bertz CT molecular complexity index is 330. The second-order valence-electron chi connectivity index (χ2n) is 5.45. The standard InChI is InChI=1S/C17H32N2O3/c1-3-5-6-7-8-9-10-11-12-13-16(21)19-15(14-20)17(22)18-4-2/h12-13,15,20H,3-11,14H2,1-2H3,(H,18,22)(H,19,21). The van der Waals surface area contributed by atoms with Gasteiger partial charge in [-0.15, -0.1) is 0 Å². The van der Waals surface area contributed by atoms with Crippen molar-refractivity contribution in [1.29, 1.82) is 0 Å². The summed E-state index contributed by atoms with van der Waals surface area (Å²) in [5.74, 6) is -0.702. The number of amides is 2. The number of aliphatic hydroxyl groups is 1. The number of carbonyl (C=O) groups is 2. The molecule has 2 amide bonds. The van der Waals surface area contributed by atoms with Crippen LogP contribution in [0.25, 0.3) is 0 Å². The highest BCUT2D eigenvalue weighted by Crippen LogP contribution is 2.08. The van der Waals surface area contributed by atoms with E-state index < -0.39 is 12.6 Å². The number of allylic oxidation sites excluding steroid dienone is 1. The molecule has 0 aliphatic heterocycles. The summed E-state index contributed by atoms with van der Waals surface area (Å²) in [5, 5.41) is 14.2. The molecule has 128 valence electrons. The fourth-order valence-electron chi connectivity index (χ4n) is 2.12. The topological polar surface area (TPSA) is 78.4 Å². The Morgan fingerprint density at radius 1 is 1.05 bits per heavy atom. The fraction of sp³-hybridized carbons (Fsp3) is 0.765. The maximum absolute atomic E-state index is 11.6. The van der Waals surface area contributed by atoms with E-state index in [1.807, 2.05) is 6.08 Å². The highest BCUT2D eigenvalue weighted by molar-refractivity contribution is 5.92. The van der Waals surface area contributed by atoms with Crippen molar-refractivity contribution in [2.75, 3.05) is 13.2 Å². The molecule has 0 heterocycles. The minimum atomic E-state index is -0.879. The zero-order chi connectivity index (χ0) is 16.6. The highest BCUT2D eigenvalue weighted by atomic mass is 16.3. The molecule has 0 fully saturated rings. The monoisotopic (exact) mass is 312 g/mol. The van der Waals surface area contributed by atoms with Gasteiger partial charge in [-0.25, -0.2) is 0 Å². The van der Waals surface area contributed by atoms with E-state index in [1.165, 1.54) is 44.6 Å². The molecule has 0 saturated heterocycles. The predicted octanol–water partition coefficient (Wildman–Crippen LogP) is 2.30. The average molecular weight is 312 g/mol. The fourth-order valence-corrected chi connectivity index (χ4v) is 2.12. The van der Waals surface area contributed by atoms with Crippen LogP contribution in [0.5, 0.6) is 0 Å². The van der Waals surface area contributed by atoms with E-state index in [2.05, 4.69) is 17.6 Å². The van der Waals surface area contributed by atoms with E-state index in [9.17, 15) is 9.59 Å². The van der Waals surface area contributed by atoms with Crippen molar-refractivity contribution in [3.63, 3.8) is 0 Å². The number of aliphatic hydroxyl groups excluding tert-OH is 1. The van der Waals surface area contributed by atoms with Gasteiger partial charge in [0.15, 0.2) is 0 Å². The molecule has 0 radical (unpaired) electrons. The van der Waals surface area contributed by atoms with Crippen LogP contribution in [0.2, 0.25) is 0 Å². The van der Waals surface area contributed by atoms with Crippen molar-refractivity contribution in [3.05, 3.63) is 12.2 Å². The first kappa shape index (κ1) is 20.6. The van der Waals surface area contributed by atoms with Crippen molar-refractivity contribution in [2.45, 2.75) is 71.3 Å². The molecule has 0 aromatic rings. The van der Waals surface area contributed by atoms with Crippen molar-refractivity contribution < 1.29 is 14.7 Å². The molecule has 5 heteroatoms. The molecule has 0 aromatic heterocycles. The molecule has 5 nitrogen and oxygen atoms in total. The largest absolute Gasteiger partial charge is 0.394 e. The van der Waals surface area contributed by atoms with Crippen LogP contribution in [-0.4, -0.2) is 36.1 Å².